The number of para-hydroxylation sites is 1. The van der Waals surface area contributed by atoms with Gasteiger partial charge in [0.15, 0.2) is 4.80 Å². The molecule has 0 radical (unpaired) electrons. The Morgan fingerprint density at radius 1 is 1.22 bits per heavy atom. The average Bonchev–Trinajstić information content (AvgIpc) is 3.10. The van der Waals surface area contributed by atoms with Crippen molar-refractivity contribution >= 4 is 37.5 Å². The Balaban J connectivity index is 1.62. The van der Waals surface area contributed by atoms with Gasteiger partial charge >= 0.3 is 0 Å². The van der Waals surface area contributed by atoms with Crippen LogP contribution in [0.4, 0.5) is 0 Å². The molecule has 2 heterocycles. The lowest BCUT2D eigenvalue weighted by atomic mass is 10.0. The molecule has 0 N–H and O–H groups in total. The number of amides is 1. The topological polar surface area (TPSA) is 81.0 Å². The zero-order valence-electron chi connectivity index (χ0n) is 18.4. The van der Waals surface area contributed by atoms with Crippen molar-refractivity contribution < 1.29 is 17.9 Å². The number of ether oxygens (including phenoxy) is 1. The van der Waals surface area contributed by atoms with Crippen LogP contribution in [0.15, 0.2) is 52.4 Å². The van der Waals surface area contributed by atoms with E-state index in [0.717, 1.165) is 28.8 Å². The predicted octanol–water partition coefficient (Wildman–Crippen LogP) is 3.80. The molecule has 7 nitrogen and oxygen atoms in total. The van der Waals surface area contributed by atoms with Crippen LogP contribution < -0.4 is 9.54 Å². The lowest BCUT2D eigenvalue weighted by molar-refractivity contribution is 0.0998. The van der Waals surface area contributed by atoms with Crippen molar-refractivity contribution in [2.75, 3.05) is 19.7 Å². The molecule has 0 aliphatic carbocycles. The van der Waals surface area contributed by atoms with Crippen LogP contribution in [0.1, 0.15) is 37.0 Å². The standard InChI is InChI=1S/C23H27N3O4S2/c1-4-30-19-8-5-9-20-21(19)25(3)23(31-20)24-22(27)17-10-12-18(13-11-17)32(28,29)26-14-6-7-16(2)15-26/h5,8-13,16H,4,6-7,14-15H2,1-3H3/t16-/m0/s1. The van der Waals surface area contributed by atoms with Gasteiger partial charge in [0.2, 0.25) is 10.0 Å². The highest BCUT2D eigenvalue weighted by atomic mass is 32.2. The third-order valence-electron chi connectivity index (χ3n) is 5.64. The van der Waals surface area contributed by atoms with Gasteiger partial charge < -0.3 is 9.30 Å². The average molecular weight is 474 g/mol. The molecule has 3 aromatic rings. The first kappa shape index (κ1) is 22.7. The smallest absolute Gasteiger partial charge is 0.279 e. The molecule has 1 fully saturated rings. The summed E-state index contributed by atoms with van der Waals surface area (Å²) in [5.41, 5.74) is 1.24. The van der Waals surface area contributed by atoms with E-state index in [1.807, 2.05) is 36.7 Å². The number of nitrogens with zero attached hydrogens (tertiary/aromatic N) is 3. The number of sulfonamides is 1. The number of benzene rings is 2. The van der Waals surface area contributed by atoms with Gasteiger partial charge in [-0.2, -0.15) is 9.30 Å². The number of fused-ring (bicyclic) bond motifs is 1. The summed E-state index contributed by atoms with van der Waals surface area (Å²) in [4.78, 5) is 17.8. The van der Waals surface area contributed by atoms with Crippen LogP contribution in [0.2, 0.25) is 0 Å². The number of carbonyl (C=O) groups is 1. The molecule has 1 aliphatic heterocycles. The fraction of sp³-hybridized carbons (Fsp3) is 0.391. The van der Waals surface area contributed by atoms with Crippen molar-refractivity contribution in [3.8, 4) is 5.75 Å². The molecule has 0 saturated carbocycles. The van der Waals surface area contributed by atoms with Crippen LogP contribution in [0.3, 0.4) is 0 Å². The van der Waals surface area contributed by atoms with E-state index in [4.69, 9.17) is 4.74 Å². The van der Waals surface area contributed by atoms with Gasteiger partial charge in [0.25, 0.3) is 5.91 Å². The van der Waals surface area contributed by atoms with Gasteiger partial charge in [-0.05, 0) is 62.1 Å². The van der Waals surface area contributed by atoms with Crippen molar-refractivity contribution in [2.45, 2.75) is 31.6 Å². The first-order chi connectivity index (χ1) is 15.3. The Labute approximate surface area is 192 Å². The van der Waals surface area contributed by atoms with Gasteiger partial charge in [-0.1, -0.05) is 24.3 Å². The number of rotatable bonds is 5. The van der Waals surface area contributed by atoms with Crippen molar-refractivity contribution in [3.63, 3.8) is 0 Å². The minimum Gasteiger partial charge on any atom is -0.492 e. The van der Waals surface area contributed by atoms with Gasteiger partial charge in [0.05, 0.1) is 16.2 Å². The molecule has 0 unspecified atom stereocenters. The SMILES string of the molecule is CCOc1cccc2sc(=NC(=O)c3ccc(S(=O)(=O)N4CCC[C@H](C)C4)cc3)n(C)c12. The Morgan fingerprint density at radius 3 is 2.66 bits per heavy atom. The normalized spacial score (nSPS) is 18.2. The fourth-order valence-corrected chi connectivity index (χ4v) is 6.61. The number of piperidine rings is 1. The van der Waals surface area contributed by atoms with Gasteiger partial charge in [0, 0.05) is 25.7 Å². The summed E-state index contributed by atoms with van der Waals surface area (Å²) in [7, 11) is -1.71. The summed E-state index contributed by atoms with van der Waals surface area (Å²) in [6.45, 7) is 5.61. The van der Waals surface area contributed by atoms with Crippen molar-refractivity contribution in [2.24, 2.45) is 18.0 Å². The van der Waals surface area contributed by atoms with Crippen LogP contribution in [0, 0.1) is 5.92 Å². The monoisotopic (exact) mass is 473 g/mol. The zero-order valence-corrected chi connectivity index (χ0v) is 20.1. The first-order valence-electron chi connectivity index (χ1n) is 10.7. The number of aryl methyl sites for hydroxylation is 1. The maximum Gasteiger partial charge on any atom is 0.279 e. The lowest BCUT2D eigenvalue weighted by Gasteiger charge is -2.30. The van der Waals surface area contributed by atoms with Crippen molar-refractivity contribution in [1.29, 1.82) is 0 Å². The van der Waals surface area contributed by atoms with Gasteiger partial charge in [-0.25, -0.2) is 8.42 Å². The second kappa shape index (κ2) is 9.17. The summed E-state index contributed by atoms with van der Waals surface area (Å²) < 4.78 is 35.9. The van der Waals surface area contributed by atoms with Crippen LogP contribution in [-0.4, -0.2) is 42.9 Å². The predicted molar refractivity (Wildman–Crippen MR) is 125 cm³/mol. The number of carbonyl (C=O) groups excluding carboxylic acids is 1. The first-order valence-corrected chi connectivity index (χ1v) is 13.0. The number of aromatic nitrogens is 1. The zero-order chi connectivity index (χ0) is 22.9. The summed E-state index contributed by atoms with van der Waals surface area (Å²) in [5, 5.41) is 0. The molecule has 1 atom stereocenters. The maximum atomic E-state index is 12.9. The molecule has 9 heteroatoms. The Morgan fingerprint density at radius 2 is 1.97 bits per heavy atom. The number of hydrogen-bond acceptors (Lipinski definition) is 5. The molecule has 170 valence electrons. The second-order valence-electron chi connectivity index (χ2n) is 8.03. The van der Waals surface area contributed by atoms with E-state index in [0.29, 0.717) is 36.0 Å². The molecule has 2 aromatic carbocycles. The third-order valence-corrected chi connectivity index (χ3v) is 8.62. The summed E-state index contributed by atoms with van der Waals surface area (Å²) in [6, 6.07) is 11.8. The number of hydrogen-bond donors (Lipinski definition) is 0. The Hall–Kier alpha value is -2.49. The fourth-order valence-electron chi connectivity index (χ4n) is 3.98. The highest BCUT2D eigenvalue weighted by Crippen LogP contribution is 2.27. The van der Waals surface area contributed by atoms with Crippen LogP contribution in [0.25, 0.3) is 10.2 Å². The molecule has 1 aromatic heterocycles. The summed E-state index contributed by atoms with van der Waals surface area (Å²) in [5.74, 6) is 0.684. The molecule has 0 spiro atoms. The molecular weight excluding hydrogens is 446 g/mol. The minimum absolute atomic E-state index is 0.205. The quantitative estimate of drug-likeness (QED) is 0.565. The van der Waals surface area contributed by atoms with Gasteiger partial charge in [-0.3, -0.25) is 4.79 Å². The van der Waals surface area contributed by atoms with Crippen LogP contribution in [0.5, 0.6) is 5.75 Å². The molecule has 0 bridgehead atoms. The molecule has 1 aliphatic rings. The van der Waals surface area contributed by atoms with Crippen molar-refractivity contribution in [1.82, 2.24) is 8.87 Å². The Kier molecular flexibility index (Phi) is 6.50. The highest BCUT2D eigenvalue weighted by Gasteiger charge is 2.28. The molecule has 32 heavy (non-hydrogen) atoms. The van der Waals surface area contributed by atoms with Crippen molar-refractivity contribution in [3.05, 3.63) is 52.8 Å². The van der Waals surface area contributed by atoms with E-state index in [9.17, 15) is 13.2 Å². The molecule has 4 rings (SSSR count). The Bertz CT molecular complexity index is 1310. The van der Waals surface area contributed by atoms with E-state index in [-0.39, 0.29) is 4.90 Å². The highest BCUT2D eigenvalue weighted by molar-refractivity contribution is 7.89. The van der Waals surface area contributed by atoms with Crippen LogP contribution >= 0.6 is 11.3 Å². The van der Waals surface area contributed by atoms with E-state index in [1.165, 1.54) is 39.9 Å². The summed E-state index contributed by atoms with van der Waals surface area (Å²) in [6.07, 6.45) is 1.91. The third kappa shape index (κ3) is 4.37. The minimum atomic E-state index is -3.56. The lowest BCUT2D eigenvalue weighted by Crippen LogP contribution is -2.39. The molecular formula is C23H27N3O4S2. The number of thiazole rings is 1. The van der Waals surface area contributed by atoms with E-state index < -0.39 is 15.9 Å². The largest absolute Gasteiger partial charge is 0.492 e. The maximum absolute atomic E-state index is 12.9. The second-order valence-corrected chi connectivity index (χ2v) is 11.0. The molecule has 1 saturated heterocycles. The van der Waals surface area contributed by atoms with E-state index in [1.54, 1.807) is 0 Å². The van der Waals surface area contributed by atoms with Gasteiger partial charge in [-0.15, -0.1) is 0 Å². The van der Waals surface area contributed by atoms with E-state index in [2.05, 4.69) is 11.9 Å². The molecule has 1 amide bonds. The van der Waals surface area contributed by atoms with Crippen LogP contribution in [-0.2, 0) is 17.1 Å². The van der Waals surface area contributed by atoms with E-state index >= 15 is 0 Å². The summed E-state index contributed by atoms with van der Waals surface area (Å²) >= 11 is 1.41. The van der Waals surface area contributed by atoms with Gasteiger partial charge in [0.1, 0.15) is 11.3 Å².